The summed E-state index contributed by atoms with van der Waals surface area (Å²) in [5.41, 5.74) is 3.53. The molecule has 1 heterocycles. The number of hydrogen-bond acceptors (Lipinski definition) is 2. The molecule has 1 atom stereocenters. The van der Waals surface area contributed by atoms with E-state index < -0.39 is 0 Å². The van der Waals surface area contributed by atoms with Gasteiger partial charge < -0.3 is 10.2 Å². The summed E-state index contributed by atoms with van der Waals surface area (Å²) in [7, 11) is 1.66. The fourth-order valence-electron chi connectivity index (χ4n) is 3.44. The molecule has 1 aromatic carbocycles. The van der Waals surface area contributed by atoms with Gasteiger partial charge in [-0.05, 0) is 54.9 Å². The van der Waals surface area contributed by atoms with Crippen LogP contribution in [0, 0.1) is 5.92 Å². The van der Waals surface area contributed by atoms with Crippen LogP contribution in [0.15, 0.2) is 18.2 Å². The fraction of sp³-hybridized carbons (Fsp3) is 0.529. The van der Waals surface area contributed by atoms with Crippen LogP contribution in [0.2, 0.25) is 0 Å². The molecule has 1 N–H and O–H groups in total. The smallest absolute Gasteiger partial charge is 0.253 e. The Hall–Kier alpha value is -1.84. The molecule has 3 rings (SSSR count). The molecule has 1 aliphatic heterocycles. The molecule has 0 bridgehead atoms. The zero-order chi connectivity index (χ0) is 14.8. The Morgan fingerprint density at radius 3 is 2.90 bits per heavy atom. The van der Waals surface area contributed by atoms with Crippen LogP contribution >= 0.6 is 0 Å². The van der Waals surface area contributed by atoms with Crippen LogP contribution in [0.4, 0.5) is 0 Å². The standard InChI is InChI=1S/C17H22N2O2/c1-18-16(20)9-12-7-8-19(11-12)17(21)15-6-5-13-3-2-4-14(13)10-15/h5-6,10,12H,2-4,7-9,11H2,1H3,(H,18,20)/t12-/m0/s1. The molecule has 0 aromatic heterocycles. The van der Waals surface area contributed by atoms with Crippen molar-refractivity contribution in [3.63, 3.8) is 0 Å². The first-order valence-corrected chi connectivity index (χ1v) is 7.79. The van der Waals surface area contributed by atoms with Gasteiger partial charge >= 0.3 is 0 Å². The number of benzene rings is 1. The largest absolute Gasteiger partial charge is 0.359 e. The molecule has 0 unspecified atom stereocenters. The minimum absolute atomic E-state index is 0.0619. The monoisotopic (exact) mass is 286 g/mol. The summed E-state index contributed by atoms with van der Waals surface area (Å²) in [5.74, 6) is 0.472. The number of aryl methyl sites for hydroxylation is 2. The van der Waals surface area contributed by atoms with Crippen molar-refractivity contribution in [1.82, 2.24) is 10.2 Å². The molecule has 112 valence electrons. The Morgan fingerprint density at radius 2 is 2.10 bits per heavy atom. The average Bonchev–Trinajstić information content (AvgIpc) is 3.14. The number of nitrogens with zero attached hydrogens (tertiary/aromatic N) is 1. The van der Waals surface area contributed by atoms with E-state index in [1.54, 1.807) is 7.05 Å². The molecule has 2 amide bonds. The number of likely N-dealkylation sites (tertiary alicyclic amines) is 1. The van der Waals surface area contributed by atoms with Crippen LogP contribution in [-0.2, 0) is 17.6 Å². The lowest BCUT2D eigenvalue weighted by Gasteiger charge is -2.17. The molecule has 1 fully saturated rings. The van der Waals surface area contributed by atoms with Gasteiger partial charge in [0.25, 0.3) is 5.91 Å². The summed E-state index contributed by atoms with van der Waals surface area (Å²) < 4.78 is 0. The third-order valence-corrected chi connectivity index (χ3v) is 4.67. The van der Waals surface area contributed by atoms with Crippen molar-refractivity contribution in [2.24, 2.45) is 5.92 Å². The van der Waals surface area contributed by atoms with Gasteiger partial charge in [0, 0.05) is 32.1 Å². The maximum atomic E-state index is 12.6. The number of hydrogen-bond donors (Lipinski definition) is 1. The third kappa shape index (κ3) is 2.94. The van der Waals surface area contributed by atoms with Crippen molar-refractivity contribution >= 4 is 11.8 Å². The van der Waals surface area contributed by atoms with E-state index in [-0.39, 0.29) is 11.8 Å². The van der Waals surface area contributed by atoms with Crippen molar-refractivity contribution < 1.29 is 9.59 Å². The number of carbonyl (C=O) groups excluding carboxylic acids is 2. The number of rotatable bonds is 3. The Labute approximate surface area is 125 Å². The van der Waals surface area contributed by atoms with Crippen LogP contribution in [-0.4, -0.2) is 36.9 Å². The van der Waals surface area contributed by atoms with Crippen LogP contribution in [0.3, 0.4) is 0 Å². The minimum atomic E-state index is 0.0619. The van der Waals surface area contributed by atoms with Gasteiger partial charge in [-0.2, -0.15) is 0 Å². The molecule has 1 aliphatic carbocycles. The zero-order valence-electron chi connectivity index (χ0n) is 12.5. The summed E-state index contributed by atoms with van der Waals surface area (Å²) in [6, 6.07) is 6.13. The quantitative estimate of drug-likeness (QED) is 0.920. The van der Waals surface area contributed by atoms with Gasteiger partial charge in [-0.15, -0.1) is 0 Å². The van der Waals surface area contributed by atoms with Crippen LogP contribution < -0.4 is 5.32 Å². The summed E-state index contributed by atoms with van der Waals surface area (Å²) in [5, 5.41) is 2.65. The predicted molar refractivity (Wildman–Crippen MR) is 81.2 cm³/mol. The van der Waals surface area contributed by atoms with Gasteiger partial charge in [0.15, 0.2) is 0 Å². The normalized spacial score (nSPS) is 20.4. The Kier molecular flexibility index (Phi) is 3.95. The van der Waals surface area contributed by atoms with E-state index in [4.69, 9.17) is 0 Å². The summed E-state index contributed by atoms with van der Waals surface area (Å²) in [6.07, 6.45) is 4.87. The molecule has 0 spiro atoms. The van der Waals surface area contributed by atoms with Gasteiger partial charge in [0.05, 0.1) is 0 Å². The molecular formula is C17H22N2O2. The van der Waals surface area contributed by atoms with Crippen molar-refractivity contribution in [1.29, 1.82) is 0 Å². The summed E-state index contributed by atoms with van der Waals surface area (Å²) >= 11 is 0. The molecule has 2 aliphatic rings. The highest BCUT2D eigenvalue weighted by Gasteiger charge is 2.28. The third-order valence-electron chi connectivity index (χ3n) is 4.67. The number of amides is 2. The van der Waals surface area contributed by atoms with Crippen molar-refractivity contribution in [2.75, 3.05) is 20.1 Å². The van der Waals surface area contributed by atoms with Gasteiger partial charge in [0.2, 0.25) is 5.91 Å². The second kappa shape index (κ2) is 5.88. The molecular weight excluding hydrogens is 264 g/mol. The maximum absolute atomic E-state index is 12.6. The van der Waals surface area contributed by atoms with E-state index in [9.17, 15) is 9.59 Å². The highest BCUT2D eigenvalue weighted by atomic mass is 16.2. The topological polar surface area (TPSA) is 49.4 Å². The van der Waals surface area contributed by atoms with Gasteiger partial charge in [-0.1, -0.05) is 6.07 Å². The molecule has 4 nitrogen and oxygen atoms in total. The molecule has 1 aromatic rings. The van der Waals surface area contributed by atoms with Gasteiger partial charge in [-0.3, -0.25) is 9.59 Å². The fourth-order valence-corrected chi connectivity index (χ4v) is 3.44. The highest BCUT2D eigenvalue weighted by molar-refractivity contribution is 5.94. The Morgan fingerprint density at radius 1 is 1.29 bits per heavy atom. The highest BCUT2D eigenvalue weighted by Crippen LogP contribution is 2.25. The van der Waals surface area contributed by atoms with Crippen LogP contribution in [0.1, 0.15) is 40.7 Å². The average molecular weight is 286 g/mol. The Balaban J connectivity index is 1.65. The van der Waals surface area contributed by atoms with Gasteiger partial charge in [-0.25, -0.2) is 0 Å². The number of nitrogens with one attached hydrogen (secondary N) is 1. The summed E-state index contributed by atoms with van der Waals surface area (Å²) in [4.78, 5) is 25.9. The molecule has 21 heavy (non-hydrogen) atoms. The zero-order valence-corrected chi connectivity index (χ0v) is 12.5. The van der Waals surface area contributed by atoms with Crippen molar-refractivity contribution in [3.05, 3.63) is 34.9 Å². The Bertz CT molecular complexity index is 568. The van der Waals surface area contributed by atoms with Crippen LogP contribution in [0.25, 0.3) is 0 Å². The van der Waals surface area contributed by atoms with Crippen molar-refractivity contribution in [2.45, 2.75) is 32.1 Å². The predicted octanol–water partition coefficient (Wildman–Crippen LogP) is 1.77. The van der Waals surface area contributed by atoms with E-state index in [0.29, 0.717) is 18.9 Å². The first-order chi connectivity index (χ1) is 10.2. The second-order valence-corrected chi connectivity index (χ2v) is 6.12. The second-order valence-electron chi connectivity index (χ2n) is 6.12. The van der Waals surface area contributed by atoms with Crippen LogP contribution in [0.5, 0.6) is 0 Å². The van der Waals surface area contributed by atoms with E-state index >= 15 is 0 Å². The summed E-state index contributed by atoms with van der Waals surface area (Å²) in [6.45, 7) is 1.46. The molecule has 0 saturated carbocycles. The lowest BCUT2D eigenvalue weighted by Crippen LogP contribution is -2.29. The molecule has 1 saturated heterocycles. The van der Waals surface area contributed by atoms with E-state index in [1.807, 2.05) is 11.0 Å². The maximum Gasteiger partial charge on any atom is 0.253 e. The molecule has 4 heteroatoms. The van der Waals surface area contributed by atoms with Crippen molar-refractivity contribution in [3.8, 4) is 0 Å². The van der Waals surface area contributed by atoms with E-state index in [0.717, 1.165) is 31.4 Å². The lowest BCUT2D eigenvalue weighted by atomic mass is 10.0. The van der Waals surface area contributed by atoms with E-state index in [1.165, 1.54) is 17.5 Å². The van der Waals surface area contributed by atoms with E-state index in [2.05, 4.69) is 17.4 Å². The lowest BCUT2D eigenvalue weighted by molar-refractivity contribution is -0.121. The van der Waals surface area contributed by atoms with Gasteiger partial charge in [0.1, 0.15) is 0 Å². The first-order valence-electron chi connectivity index (χ1n) is 7.79. The minimum Gasteiger partial charge on any atom is -0.359 e. The molecule has 0 radical (unpaired) electrons. The number of fused-ring (bicyclic) bond motifs is 1. The number of carbonyl (C=O) groups is 2. The first kappa shape index (κ1) is 14.1. The SMILES string of the molecule is CNC(=O)C[C@@H]1CCN(C(=O)c2ccc3c(c2)CCC3)C1.